The number of fused-ring (bicyclic) bond motifs is 2. The molecule has 0 saturated carbocycles. The summed E-state index contributed by atoms with van der Waals surface area (Å²) in [7, 11) is 0. The Balaban J connectivity index is 1.91. The zero-order valence-corrected chi connectivity index (χ0v) is 10.5. The van der Waals surface area contributed by atoms with E-state index in [1.807, 2.05) is 30.5 Å². The van der Waals surface area contributed by atoms with Crippen molar-refractivity contribution < 1.29 is 9.52 Å². The van der Waals surface area contributed by atoms with Crippen molar-refractivity contribution in [3.63, 3.8) is 0 Å². The third kappa shape index (κ3) is 1.48. The van der Waals surface area contributed by atoms with E-state index in [0.717, 1.165) is 47.1 Å². The molecule has 0 radical (unpaired) electrons. The van der Waals surface area contributed by atoms with Crippen molar-refractivity contribution in [2.24, 2.45) is 0 Å². The first-order valence-corrected chi connectivity index (χ1v) is 6.64. The van der Waals surface area contributed by atoms with Gasteiger partial charge < -0.3 is 14.5 Å². The molecule has 96 valence electrons. The van der Waals surface area contributed by atoms with Gasteiger partial charge in [0.15, 0.2) is 0 Å². The van der Waals surface area contributed by atoms with Gasteiger partial charge >= 0.3 is 0 Å². The number of H-pyrrole nitrogens is 1. The summed E-state index contributed by atoms with van der Waals surface area (Å²) < 4.78 is 5.48. The number of benzene rings is 1. The molecule has 1 aromatic carbocycles. The van der Waals surface area contributed by atoms with Crippen molar-refractivity contribution in [3.05, 3.63) is 59.7 Å². The highest BCUT2D eigenvalue weighted by molar-refractivity contribution is 5.80. The van der Waals surface area contributed by atoms with E-state index in [0.29, 0.717) is 0 Å². The van der Waals surface area contributed by atoms with Crippen LogP contribution in [-0.4, -0.2) is 10.1 Å². The SMILES string of the molecule is OC1(c2ccc3[nH]ccc3c2)CCCc2occc21. The lowest BCUT2D eigenvalue weighted by molar-refractivity contribution is 0.0591. The summed E-state index contributed by atoms with van der Waals surface area (Å²) in [6.07, 6.45) is 6.20. The predicted molar refractivity (Wildman–Crippen MR) is 72.9 cm³/mol. The van der Waals surface area contributed by atoms with Crippen molar-refractivity contribution >= 4 is 10.9 Å². The molecule has 0 amide bonds. The Morgan fingerprint density at radius 2 is 2.16 bits per heavy atom. The van der Waals surface area contributed by atoms with Crippen LogP contribution in [0, 0.1) is 0 Å². The summed E-state index contributed by atoms with van der Waals surface area (Å²) in [4.78, 5) is 3.18. The van der Waals surface area contributed by atoms with Gasteiger partial charge in [0.1, 0.15) is 11.4 Å². The van der Waals surface area contributed by atoms with Crippen LogP contribution in [0.25, 0.3) is 10.9 Å². The first kappa shape index (κ1) is 10.9. The van der Waals surface area contributed by atoms with E-state index in [1.54, 1.807) is 6.26 Å². The molecule has 1 unspecified atom stereocenters. The molecule has 4 rings (SSSR count). The molecule has 1 aliphatic carbocycles. The zero-order valence-electron chi connectivity index (χ0n) is 10.5. The number of rotatable bonds is 1. The van der Waals surface area contributed by atoms with Gasteiger partial charge in [0.05, 0.1) is 6.26 Å². The van der Waals surface area contributed by atoms with E-state index < -0.39 is 5.60 Å². The fourth-order valence-corrected chi connectivity index (χ4v) is 3.15. The smallest absolute Gasteiger partial charge is 0.118 e. The van der Waals surface area contributed by atoms with Crippen LogP contribution in [0.4, 0.5) is 0 Å². The Bertz CT molecular complexity index is 740. The third-order valence-corrected chi connectivity index (χ3v) is 4.16. The molecule has 3 nitrogen and oxygen atoms in total. The lowest BCUT2D eigenvalue weighted by Crippen LogP contribution is -2.30. The highest BCUT2D eigenvalue weighted by atomic mass is 16.3. The molecule has 2 heterocycles. The average Bonchev–Trinajstić information content (AvgIpc) is 3.07. The van der Waals surface area contributed by atoms with Crippen LogP contribution in [0.5, 0.6) is 0 Å². The van der Waals surface area contributed by atoms with Crippen molar-refractivity contribution in [1.82, 2.24) is 4.98 Å². The number of furan rings is 1. The van der Waals surface area contributed by atoms with Crippen LogP contribution in [0.15, 0.2) is 47.2 Å². The monoisotopic (exact) mass is 253 g/mol. The average molecular weight is 253 g/mol. The number of aromatic amines is 1. The van der Waals surface area contributed by atoms with Crippen molar-refractivity contribution in [2.75, 3.05) is 0 Å². The first-order valence-electron chi connectivity index (χ1n) is 6.64. The third-order valence-electron chi connectivity index (χ3n) is 4.16. The lowest BCUT2D eigenvalue weighted by Gasteiger charge is -2.32. The molecule has 0 saturated heterocycles. The van der Waals surface area contributed by atoms with Gasteiger partial charge in [-0.3, -0.25) is 0 Å². The molecular weight excluding hydrogens is 238 g/mol. The fourth-order valence-electron chi connectivity index (χ4n) is 3.15. The summed E-state index contributed by atoms with van der Waals surface area (Å²) in [5.74, 6) is 0.919. The topological polar surface area (TPSA) is 49.2 Å². The van der Waals surface area contributed by atoms with Gasteiger partial charge in [-0.15, -0.1) is 0 Å². The molecule has 2 N–H and O–H groups in total. The quantitative estimate of drug-likeness (QED) is 0.698. The van der Waals surface area contributed by atoms with E-state index in [9.17, 15) is 5.11 Å². The van der Waals surface area contributed by atoms with E-state index in [4.69, 9.17) is 4.42 Å². The number of nitrogens with one attached hydrogen (secondary N) is 1. The molecule has 0 bridgehead atoms. The Kier molecular flexibility index (Phi) is 2.15. The summed E-state index contributed by atoms with van der Waals surface area (Å²) >= 11 is 0. The Morgan fingerprint density at radius 1 is 1.21 bits per heavy atom. The van der Waals surface area contributed by atoms with Gasteiger partial charge in [-0.1, -0.05) is 6.07 Å². The molecule has 19 heavy (non-hydrogen) atoms. The van der Waals surface area contributed by atoms with Crippen LogP contribution < -0.4 is 0 Å². The Morgan fingerprint density at radius 3 is 3.11 bits per heavy atom. The molecule has 0 spiro atoms. The van der Waals surface area contributed by atoms with Gasteiger partial charge in [-0.25, -0.2) is 0 Å². The predicted octanol–water partition coefficient (Wildman–Crippen LogP) is 3.33. The van der Waals surface area contributed by atoms with Crippen molar-refractivity contribution in [2.45, 2.75) is 24.9 Å². The second kappa shape index (κ2) is 3.75. The van der Waals surface area contributed by atoms with E-state index in [1.165, 1.54) is 0 Å². The number of aryl methyl sites for hydroxylation is 1. The summed E-state index contributed by atoms with van der Waals surface area (Å²) in [5, 5.41) is 12.2. The molecule has 0 aliphatic heterocycles. The molecule has 3 heteroatoms. The van der Waals surface area contributed by atoms with Crippen LogP contribution >= 0.6 is 0 Å². The fraction of sp³-hybridized carbons (Fsp3) is 0.250. The number of hydrogen-bond donors (Lipinski definition) is 2. The maximum Gasteiger partial charge on any atom is 0.118 e. The molecule has 3 aromatic rings. The lowest BCUT2D eigenvalue weighted by atomic mass is 9.78. The highest BCUT2D eigenvalue weighted by Gasteiger charge is 2.37. The maximum absolute atomic E-state index is 11.1. The van der Waals surface area contributed by atoms with Gasteiger partial charge in [0.2, 0.25) is 0 Å². The minimum Gasteiger partial charge on any atom is -0.469 e. The minimum absolute atomic E-state index is 0.745. The second-order valence-corrected chi connectivity index (χ2v) is 5.25. The Hall–Kier alpha value is -2.00. The minimum atomic E-state index is -0.911. The van der Waals surface area contributed by atoms with Crippen molar-refractivity contribution in [3.8, 4) is 0 Å². The molecule has 1 atom stereocenters. The van der Waals surface area contributed by atoms with Crippen LogP contribution in [0.1, 0.15) is 29.7 Å². The van der Waals surface area contributed by atoms with Gasteiger partial charge in [0, 0.05) is 23.7 Å². The second-order valence-electron chi connectivity index (χ2n) is 5.25. The van der Waals surface area contributed by atoms with Gasteiger partial charge in [-0.2, -0.15) is 0 Å². The van der Waals surface area contributed by atoms with Gasteiger partial charge in [0.25, 0.3) is 0 Å². The largest absolute Gasteiger partial charge is 0.469 e. The van der Waals surface area contributed by atoms with Crippen LogP contribution in [0.2, 0.25) is 0 Å². The molecule has 0 fully saturated rings. The summed E-state index contributed by atoms with van der Waals surface area (Å²) in [6.45, 7) is 0. The maximum atomic E-state index is 11.1. The van der Waals surface area contributed by atoms with E-state index in [-0.39, 0.29) is 0 Å². The highest BCUT2D eigenvalue weighted by Crippen LogP contribution is 2.41. The standard InChI is InChI=1S/C16H15NO2/c18-16(7-1-2-15-13(16)6-9-19-15)12-3-4-14-11(10-12)5-8-17-14/h3-6,8-10,17-18H,1-2,7H2. The van der Waals surface area contributed by atoms with Crippen LogP contribution in [-0.2, 0) is 12.0 Å². The number of aromatic nitrogens is 1. The molecular formula is C16H15NO2. The van der Waals surface area contributed by atoms with E-state index in [2.05, 4.69) is 11.1 Å². The van der Waals surface area contributed by atoms with Gasteiger partial charge in [-0.05, 0) is 48.1 Å². The van der Waals surface area contributed by atoms with Crippen molar-refractivity contribution in [1.29, 1.82) is 0 Å². The zero-order chi connectivity index (χ0) is 12.9. The normalized spacial score (nSPS) is 22.6. The van der Waals surface area contributed by atoms with Crippen LogP contribution in [0.3, 0.4) is 0 Å². The Labute approximate surface area is 110 Å². The molecule has 1 aliphatic rings. The van der Waals surface area contributed by atoms with E-state index >= 15 is 0 Å². The summed E-state index contributed by atoms with van der Waals surface area (Å²) in [6, 6.07) is 10.0. The molecule has 2 aromatic heterocycles. The number of hydrogen-bond acceptors (Lipinski definition) is 2. The first-order chi connectivity index (χ1) is 9.27. The summed E-state index contributed by atoms with van der Waals surface area (Å²) in [5.41, 5.74) is 2.05. The number of aliphatic hydroxyl groups is 1.